The molecule has 0 aliphatic carbocycles. The van der Waals surface area contributed by atoms with Crippen LogP contribution in [-0.4, -0.2) is 5.17 Å². The van der Waals surface area contributed by atoms with Crippen molar-refractivity contribution in [1.82, 2.24) is 0 Å². The number of nitrogens with two attached hydrogens (primary N) is 1. The van der Waals surface area contributed by atoms with Crippen molar-refractivity contribution in [3.8, 4) is 0 Å². The van der Waals surface area contributed by atoms with Gasteiger partial charge >= 0.3 is 0 Å². The number of allylic oxidation sites excluding steroid dienone is 2. The highest BCUT2D eigenvalue weighted by Crippen LogP contribution is 2.22. The summed E-state index contributed by atoms with van der Waals surface area (Å²) in [5.74, 6) is 0. The van der Waals surface area contributed by atoms with E-state index in [1.165, 1.54) is 0 Å². The van der Waals surface area contributed by atoms with Gasteiger partial charge in [-0.05, 0) is 31.5 Å². The Kier molecular flexibility index (Phi) is 5.31. The molecule has 0 heterocycles. The number of hydrogen-bond donors (Lipinski definition) is 1. The van der Waals surface area contributed by atoms with Crippen LogP contribution in [0.5, 0.6) is 0 Å². The SMILES string of the molecule is C/C(N)=C(\C)C(Cl)=NCc1ccc(Cl)cc1Cl. The molecule has 92 valence electrons. The van der Waals surface area contributed by atoms with Gasteiger partial charge in [0.1, 0.15) is 5.17 Å². The summed E-state index contributed by atoms with van der Waals surface area (Å²) < 4.78 is 0. The summed E-state index contributed by atoms with van der Waals surface area (Å²) in [6.07, 6.45) is 0. The van der Waals surface area contributed by atoms with Gasteiger partial charge in [0, 0.05) is 21.3 Å². The maximum atomic E-state index is 6.02. The maximum Gasteiger partial charge on any atom is 0.128 e. The van der Waals surface area contributed by atoms with Gasteiger partial charge in [0.2, 0.25) is 0 Å². The first-order chi connectivity index (χ1) is 7.91. The summed E-state index contributed by atoms with van der Waals surface area (Å²) in [4.78, 5) is 4.22. The fourth-order valence-electron chi connectivity index (χ4n) is 1.09. The van der Waals surface area contributed by atoms with Crippen LogP contribution >= 0.6 is 34.8 Å². The molecule has 0 saturated carbocycles. The highest BCUT2D eigenvalue weighted by atomic mass is 35.5. The van der Waals surface area contributed by atoms with Gasteiger partial charge in [-0.3, -0.25) is 4.99 Å². The summed E-state index contributed by atoms with van der Waals surface area (Å²) in [5.41, 5.74) is 7.93. The van der Waals surface area contributed by atoms with Crippen molar-refractivity contribution in [3.05, 3.63) is 45.1 Å². The zero-order valence-electron chi connectivity index (χ0n) is 9.60. The highest BCUT2D eigenvalue weighted by Gasteiger charge is 2.03. The van der Waals surface area contributed by atoms with E-state index in [0.29, 0.717) is 27.5 Å². The smallest absolute Gasteiger partial charge is 0.128 e. The third-order valence-electron chi connectivity index (χ3n) is 2.30. The predicted octanol–water partition coefficient (Wildman–Crippen LogP) is 4.38. The van der Waals surface area contributed by atoms with Gasteiger partial charge in [-0.2, -0.15) is 0 Å². The zero-order chi connectivity index (χ0) is 13.0. The minimum absolute atomic E-state index is 0.399. The summed E-state index contributed by atoms with van der Waals surface area (Å²) in [5, 5.41) is 1.58. The van der Waals surface area contributed by atoms with Crippen LogP contribution in [-0.2, 0) is 6.54 Å². The van der Waals surface area contributed by atoms with Crippen molar-refractivity contribution in [1.29, 1.82) is 0 Å². The predicted molar refractivity (Wildman–Crippen MR) is 76.0 cm³/mol. The summed E-state index contributed by atoms with van der Waals surface area (Å²) in [6.45, 7) is 4.01. The van der Waals surface area contributed by atoms with Crippen LogP contribution in [0, 0.1) is 0 Å². The molecule has 0 aliphatic heterocycles. The third-order valence-corrected chi connectivity index (χ3v) is 3.29. The number of hydrogen-bond acceptors (Lipinski definition) is 2. The van der Waals surface area contributed by atoms with Crippen molar-refractivity contribution >= 4 is 40.0 Å². The lowest BCUT2D eigenvalue weighted by Crippen LogP contribution is -2.01. The van der Waals surface area contributed by atoms with Gasteiger partial charge in [-0.25, -0.2) is 0 Å². The fourth-order valence-corrected chi connectivity index (χ4v) is 1.76. The molecule has 0 atom stereocenters. The van der Waals surface area contributed by atoms with Gasteiger partial charge in [0.25, 0.3) is 0 Å². The van der Waals surface area contributed by atoms with E-state index in [1.807, 2.05) is 13.0 Å². The molecule has 2 N–H and O–H groups in total. The molecule has 0 aliphatic rings. The Morgan fingerprint density at radius 1 is 1.29 bits per heavy atom. The number of halogens is 3. The van der Waals surface area contributed by atoms with Crippen LogP contribution in [0.3, 0.4) is 0 Å². The largest absolute Gasteiger partial charge is 0.402 e. The lowest BCUT2D eigenvalue weighted by molar-refractivity contribution is 1.07. The molecule has 0 bridgehead atoms. The minimum Gasteiger partial charge on any atom is -0.402 e. The maximum absolute atomic E-state index is 6.02. The van der Waals surface area contributed by atoms with E-state index in [2.05, 4.69) is 4.99 Å². The second-order valence-electron chi connectivity index (χ2n) is 3.65. The second kappa shape index (κ2) is 6.29. The van der Waals surface area contributed by atoms with Gasteiger partial charge in [-0.1, -0.05) is 40.9 Å². The summed E-state index contributed by atoms with van der Waals surface area (Å²) in [6, 6.07) is 5.27. The van der Waals surface area contributed by atoms with Gasteiger partial charge < -0.3 is 5.73 Å². The number of rotatable bonds is 3. The van der Waals surface area contributed by atoms with Crippen molar-refractivity contribution in [2.75, 3.05) is 0 Å². The Bertz CT molecular complexity index is 475. The van der Waals surface area contributed by atoms with E-state index in [-0.39, 0.29) is 0 Å². The van der Waals surface area contributed by atoms with Gasteiger partial charge in [-0.15, -0.1) is 0 Å². The van der Waals surface area contributed by atoms with Crippen LogP contribution < -0.4 is 5.73 Å². The van der Waals surface area contributed by atoms with Crippen molar-refractivity contribution < 1.29 is 0 Å². The Morgan fingerprint density at radius 2 is 1.94 bits per heavy atom. The van der Waals surface area contributed by atoms with Crippen molar-refractivity contribution in [3.63, 3.8) is 0 Å². The van der Waals surface area contributed by atoms with E-state index in [9.17, 15) is 0 Å². The Morgan fingerprint density at radius 3 is 2.47 bits per heavy atom. The molecule has 0 radical (unpaired) electrons. The Labute approximate surface area is 116 Å². The lowest BCUT2D eigenvalue weighted by Gasteiger charge is -2.04. The van der Waals surface area contributed by atoms with Crippen LogP contribution in [0.15, 0.2) is 34.5 Å². The van der Waals surface area contributed by atoms with E-state index >= 15 is 0 Å². The standard InChI is InChI=1S/C12H13Cl3N2/c1-7(8(2)16)12(15)17-6-9-3-4-10(13)5-11(9)14/h3-5H,6,16H2,1-2H3/b8-7-,17-12?. The second-order valence-corrected chi connectivity index (χ2v) is 4.85. The van der Waals surface area contributed by atoms with Crippen LogP contribution in [0.25, 0.3) is 0 Å². The average molecular weight is 292 g/mol. The van der Waals surface area contributed by atoms with Crippen molar-refractivity contribution in [2.24, 2.45) is 10.7 Å². The molecule has 2 nitrogen and oxygen atoms in total. The van der Waals surface area contributed by atoms with Crippen LogP contribution in [0.4, 0.5) is 0 Å². The molecule has 0 fully saturated rings. The van der Waals surface area contributed by atoms with E-state index in [0.717, 1.165) is 11.1 Å². The molecule has 0 spiro atoms. The Balaban J connectivity index is 2.87. The molecule has 0 unspecified atom stereocenters. The number of aliphatic imine (C=N–C) groups is 1. The topological polar surface area (TPSA) is 38.4 Å². The van der Waals surface area contributed by atoms with Gasteiger partial charge in [0.05, 0.1) is 6.54 Å². The molecule has 0 aromatic heterocycles. The van der Waals surface area contributed by atoms with E-state index in [1.54, 1.807) is 19.1 Å². The minimum atomic E-state index is 0.399. The molecule has 1 aromatic carbocycles. The molecule has 0 amide bonds. The molecule has 1 aromatic rings. The number of nitrogens with zero attached hydrogens (tertiary/aromatic N) is 1. The van der Waals surface area contributed by atoms with E-state index in [4.69, 9.17) is 40.5 Å². The van der Waals surface area contributed by atoms with Crippen molar-refractivity contribution in [2.45, 2.75) is 20.4 Å². The lowest BCUT2D eigenvalue weighted by atomic mass is 10.2. The summed E-state index contributed by atoms with van der Waals surface area (Å²) >= 11 is 17.8. The average Bonchev–Trinajstić information content (AvgIpc) is 2.26. The third kappa shape index (κ3) is 4.23. The first-order valence-electron chi connectivity index (χ1n) is 4.99. The fraction of sp³-hybridized carbons (Fsp3) is 0.250. The van der Waals surface area contributed by atoms with Gasteiger partial charge in [0.15, 0.2) is 0 Å². The van der Waals surface area contributed by atoms with Crippen LogP contribution in [0.2, 0.25) is 10.0 Å². The normalized spacial score (nSPS) is 13.6. The van der Waals surface area contributed by atoms with Crippen LogP contribution in [0.1, 0.15) is 19.4 Å². The quantitative estimate of drug-likeness (QED) is 0.824. The first-order valence-corrected chi connectivity index (χ1v) is 6.12. The Hall–Kier alpha value is -0.700. The molecule has 0 saturated heterocycles. The molecular formula is C12H13Cl3N2. The zero-order valence-corrected chi connectivity index (χ0v) is 11.9. The molecule has 5 heteroatoms. The highest BCUT2D eigenvalue weighted by molar-refractivity contribution is 6.69. The molecule has 1 rings (SSSR count). The summed E-state index contributed by atoms with van der Waals surface area (Å²) in [7, 11) is 0. The monoisotopic (exact) mass is 290 g/mol. The van der Waals surface area contributed by atoms with E-state index < -0.39 is 0 Å². The first kappa shape index (κ1) is 14.4. The molecule has 17 heavy (non-hydrogen) atoms. The molecular weight excluding hydrogens is 279 g/mol. The number of benzene rings is 1.